The van der Waals surface area contributed by atoms with Crippen LogP contribution in [0.2, 0.25) is 0 Å². The number of ether oxygens (including phenoxy) is 1. The van der Waals surface area contributed by atoms with Gasteiger partial charge >= 0.3 is 6.18 Å². The smallest absolute Gasteiger partial charge is 0.393 e. The maximum atomic E-state index is 12.2. The quantitative estimate of drug-likeness (QED) is 0.847. The summed E-state index contributed by atoms with van der Waals surface area (Å²) in [6, 6.07) is 2.69. The topological polar surface area (TPSA) is 35.2 Å². The molecule has 0 bridgehead atoms. The van der Waals surface area contributed by atoms with Crippen molar-refractivity contribution >= 4 is 21.6 Å². The molecule has 0 saturated carbocycles. The third kappa shape index (κ3) is 3.30. The van der Waals surface area contributed by atoms with Gasteiger partial charge in [-0.1, -0.05) is 0 Å². The largest absolute Gasteiger partial charge is 0.496 e. The van der Waals surface area contributed by atoms with E-state index in [0.717, 1.165) is 0 Å². The Kier molecular flexibility index (Phi) is 3.49. The highest BCUT2D eigenvalue weighted by atomic mass is 79.9. The van der Waals surface area contributed by atoms with Crippen molar-refractivity contribution in [3.05, 3.63) is 22.2 Å². The van der Waals surface area contributed by atoms with Gasteiger partial charge in [0, 0.05) is 21.8 Å². The summed E-state index contributed by atoms with van der Waals surface area (Å²) in [6.07, 6.45) is -5.29. The van der Waals surface area contributed by atoms with E-state index in [1.54, 1.807) is 0 Å². The van der Waals surface area contributed by atoms with Crippen LogP contribution in [0.3, 0.4) is 0 Å². The molecule has 1 aromatic rings. The maximum absolute atomic E-state index is 12.2. The number of alkyl halides is 3. The zero-order chi connectivity index (χ0) is 11.6. The zero-order valence-electron chi connectivity index (χ0n) is 7.86. The molecule has 0 heterocycles. The second kappa shape index (κ2) is 4.30. The average Bonchev–Trinajstić information content (AvgIpc) is 2.08. The molecule has 2 N–H and O–H groups in total. The minimum Gasteiger partial charge on any atom is -0.496 e. The summed E-state index contributed by atoms with van der Waals surface area (Å²) in [6.45, 7) is 0. The zero-order valence-corrected chi connectivity index (χ0v) is 9.45. The fourth-order valence-corrected chi connectivity index (χ4v) is 1.55. The van der Waals surface area contributed by atoms with E-state index in [9.17, 15) is 13.2 Å². The standard InChI is InChI=1S/C9H9BrF3NO/c1-15-8-3-7(14)6(10)2-5(8)4-9(11,12)13/h2-3H,4,14H2,1H3. The fraction of sp³-hybridized carbons (Fsp3) is 0.333. The molecule has 0 fully saturated rings. The van der Waals surface area contributed by atoms with E-state index in [2.05, 4.69) is 15.9 Å². The summed E-state index contributed by atoms with van der Waals surface area (Å²) < 4.78 is 41.8. The fourth-order valence-electron chi connectivity index (χ4n) is 1.15. The van der Waals surface area contributed by atoms with Gasteiger partial charge in [-0.25, -0.2) is 0 Å². The van der Waals surface area contributed by atoms with E-state index in [4.69, 9.17) is 10.5 Å². The molecule has 1 aromatic carbocycles. The lowest BCUT2D eigenvalue weighted by molar-refractivity contribution is -0.127. The molecule has 0 unspecified atom stereocenters. The number of hydrogen-bond acceptors (Lipinski definition) is 2. The van der Waals surface area contributed by atoms with E-state index >= 15 is 0 Å². The van der Waals surface area contributed by atoms with Crippen molar-refractivity contribution in [2.24, 2.45) is 0 Å². The molecule has 0 saturated heterocycles. The van der Waals surface area contributed by atoms with Crippen LogP contribution in [0, 0.1) is 0 Å². The van der Waals surface area contributed by atoms with E-state index in [1.165, 1.54) is 19.2 Å². The third-order valence-electron chi connectivity index (χ3n) is 1.79. The van der Waals surface area contributed by atoms with Crippen LogP contribution in [0.4, 0.5) is 18.9 Å². The SMILES string of the molecule is COc1cc(N)c(Br)cc1CC(F)(F)F. The van der Waals surface area contributed by atoms with Crippen molar-refractivity contribution in [1.82, 2.24) is 0 Å². The second-order valence-corrected chi connectivity index (χ2v) is 3.83. The highest BCUT2D eigenvalue weighted by molar-refractivity contribution is 9.10. The monoisotopic (exact) mass is 283 g/mol. The first-order chi connectivity index (χ1) is 6.83. The number of hydrogen-bond donors (Lipinski definition) is 1. The molecule has 2 nitrogen and oxygen atoms in total. The van der Waals surface area contributed by atoms with Gasteiger partial charge in [0.05, 0.1) is 13.5 Å². The molecule has 0 aliphatic heterocycles. The Morgan fingerprint density at radius 3 is 2.47 bits per heavy atom. The Balaban J connectivity index is 3.11. The van der Waals surface area contributed by atoms with Gasteiger partial charge in [-0.2, -0.15) is 13.2 Å². The Labute approximate surface area is 93.3 Å². The van der Waals surface area contributed by atoms with Gasteiger partial charge in [0.15, 0.2) is 0 Å². The summed E-state index contributed by atoms with van der Waals surface area (Å²) in [5.41, 5.74) is 5.93. The molecule has 0 amide bonds. The van der Waals surface area contributed by atoms with Crippen LogP contribution in [0.15, 0.2) is 16.6 Å². The number of halogens is 4. The lowest BCUT2D eigenvalue weighted by atomic mass is 10.1. The first-order valence-electron chi connectivity index (χ1n) is 4.02. The Hall–Kier alpha value is -0.910. The molecule has 0 aliphatic rings. The van der Waals surface area contributed by atoms with E-state index < -0.39 is 12.6 Å². The van der Waals surface area contributed by atoms with Gasteiger partial charge in [0.2, 0.25) is 0 Å². The number of nitrogens with two attached hydrogens (primary N) is 1. The first kappa shape index (κ1) is 12.2. The number of methoxy groups -OCH3 is 1. The molecule has 0 atom stereocenters. The highest BCUT2D eigenvalue weighted by Crippen LogP contribution is 2.33. The van der Waals surface area contributed by atoms with Gasteiger partial charge < -0.3 is 10.5 Å². The number of rotatable bonds is 2. The third-order valence-corrected chi connectivity index (χ3v) is 2.48. The summed E-state index contributed by atoms with van der Waals surface area (Å²) in [5.74, 6) is 0.146. The summed E-state index contributed by atoms with van der Waals surface area (Å²) in [7, 11) is 1.31. The molecule has 0 aliphatic carbocycles. The van der Waals surface area contributed by atoms with Gasteiger partial charge in [0.1, 0.15) is 5.75 Å². The minimum atomic E-state index is -4.26. The summed E-state index contributed by atoms with van der Waals surface area (Å²) >= 11 is 3.07. The van der Waals surface area contributed by atoms with Crippen LogP contribution in [0.1, 0.15) is 5.56 Å². The number of anilines is 1. The van der Waals surface area contributed by atoms with Crippen molar-refractivity contribution in [3.63, 3.8) is 0 Å². The first-order valence-corrected chi connectivity index (χ1v) is 4.81. The van der Waals surface area contributed by atoms with E-state index in [-0.39, 0.29) is 11.3 Å². The summed E-state index contributed by atoms with van der Waals surface area (Å²) in [4.78, 5) is 0. The predicted molar refractivity (Wildman–Crippen MR) is 54.9 cm³/mol. The lowest BCUT2D eigenvalue weighted by Gasteiger charge is -2.12. The highest BCUT2D eigenvalue weighted by Gasteiger charge is 2.29. The predicted octanol–water partition coefficient (Wildman–Crippen LogP) is 3.14. The van der Waals surface area contributed by atoms with Crippen LogP contribution in [0.5, 0.6) is 5.75 Å². The van der Waals surface area contributed by atoms with Crippen LogP contribution in [-0.4, -0.2) is 13.3 Å². The van der Waals surface area contributed by atoms with Crippen LogP contribution < -0.4 is 10.5 Å². The average molecular weight is 284 g/mol. The van der Waals surface area contributed by atoms with Crippen LogP contribution in [-0.2, 0) is 6.42 Å². The van der Waals surface area contributed by atoms with Crippen molar-refractivity contribution < 1.29 is 17.9 Å². The minimum absolute atomic E-state index is 0.0612. The Morgan fingerprint density at radius 1 is 1.40 bits per heavy atom. The molecule has 84 valence electrons. The molecule has 0 aromatic heterocycles. The van der Waals surface area contributed by atoms with Crippen molar-refractivity contribution in [2.45, 2.75) is 12.6 Å². The molecule has 15 heavy (non-hydrogen) atoms. The van der Waals surface area contributed by atoms with Crippen LogP contribution >= 0.6 is 15.9 Å². The molecular weight excluding hydrogens is 275 g/mol. The van der Waals surface area contributed by atoms with Gasteiger partial charge in [-0.05, 0) is 22.0 Å². The number of nitrogen functional groups attached to an aromatic ring is 1. The normalized spacial score (nSPS) is 11.5. The van der Waals surface area contributed by atoms with Crippen molar-refractivity contribution in [3.8, 4) is 5.75 Å². The Morgan fingerprint density at radius 2 is 2.00 bits per heavy atom. The van der Waals surface area contributed by atoms with Gasteiger partial charge in [0.25, 0.3) is 0 Å². The molecular formula is C9H9BrF3NO. The molecule has 0 radical (unpaired) electrons. The molecule has 1 rings (SSSR count). The maximum Gasteiger partial charge on any atom is 0.393 e. The Bertz CT molecular complexity index is 365. The van der Waals surface area contributed by atoms with E-state index in [0.29, 0.717) is 10.2 Å². The van der Waals surface area contributed by atoms with Crippen LogP contribution in [0.25, 0.3) is 0 Å². The van der Waals surface area contributed by atoms with Gasteiger partial charge in [-0.15, -0.1) is 0 Å². The molecule has 0 spiro atoms. The van der Waals surface area contributed by atoms with Crippen molar-refractivity contribution in [1.29, 1.82) is 0 Å². The van der Waals surface area contributed by atoms with E-state index in [1.807, 2.05) is 0 Å². The lowest BCUT2D eigenvalue weighted by Crippen LogP contribution is -2.12. The van der Waals surface area contributed by atoms with Gasteiger partial charge in [-0.3, -0.25) is 0 Å². The second-order valence-electron chi connectivity index (χ2n) is 2.98. The molecule has 6 heteroatoms. The summed E-state index contributed by atoms with van der Waals surface area (Å²) in [5, 5.41) is 0. The van der Waals surface area contributed by atoms with Crippen molar-refractivity contribution in [2.75, 3.05) is 12.8 Å². The number of benzene rings is 1.